The van der Waals surface area contributed by atoms with Gasteiger partial charge in [0.15, 0.2) is 0 Å². The van der Waals surface area contributed by atoms with Crippen LogP contribution in [0.5, 0.6) is 0 Å². The summed E-state index contributed by atoms with van der Waals surface area (Å²) in [4.78, 5) is -0.102. The normalized spacial score (nSPS) is 11.6. The third-order valence-electron chi connectivity index (χ3n) is 2.59. The Kier molecular flexibility index (Phi) is 4.52. The predicted molar refractivity (Wildman–Crippen MR) is 74.5 cm³/mol. The minimum absolute atomic E-state index is 0.102. The van der Waals surface area contributed by atoms with Crippen molar-refractivity contribution < 1.29 is 17.2 Å². The molecule has 7 heteroatoms. The lowest BCUT2D eigenvalue weighted by molar-refractivity contribution is 0.573. The fraction of sp³-hybridized carbons (Fsp3) is 0.0769. The maximum Gasteiger partial charge on any atom is 0.241 e. The molecule has 0 atom stereocenters. The molecule has 1 N–H and O–H groups in total. The second kappa shape index (κ2) is 5.99. The molecule has 0 heterocycles. The van der Waals surface area contributed by atoms with Crippen LogP contribution in [0.15, 0.2) is 51.8 Å². The van der Waals surface area contributed by atoms with Crippen LogP contribution in [0.1, 0.15) is 5.56 Å². The lowest BCUT2D eigenvalue weighted by Crippen LogP contribution is -2.24. The van der Waals surface area contributed by atoms with Crippen LogP contribution in [0.3, 0.4) is 0 Å². The third kappa shape index (κ3) is 3.41. The minimum Gasteiger partial charge on any atom is -0.207 e. The average Bonchev–Trinajstić information content (AvgIpc) is 2.37. The molecule has 0 bridgehead atoms. The summed E-state index contributed by atoms with van der Waals surface area (Å²) >= 11 is 2.99. The van der Waals surface area contributed by atoms with E-state index in [1.807, 2.05) is 0 Å². The van der Waals surface area contributed by atoms with Crippen molar-refractivity contribution >= 4 is 26.0 Å². The summed E-state index contributed by atoms with van der Waals surface area (Å²) < 4.78 is 52.9. The molecule has 0 amide bonds. The largest absolute Gasteiger partial charge is 0.241 e. The van der Waals surface area contributed by atoms with Gasteiger partial charge in [0.25, 0.3) is 0 Å². The van der Waals surface area contributed by atoms with Gasteiger partial charge in [-0.3, -0.25) is 0 Å². The second-order valence-corrected chi connectivity index (χ2v) is 6.58. The van der Waals surface area contributed by atoms with E-state index in [1.165, 1.54) is 18.2 Å². The Morgan fingerprint density at radius 2 is 1.80 bits per heavy atom. The predicted octanol–water partition coefficient (Wildman–Crippen LogP) is 3.21. The molecule has 0 aliphatic heterocycles. The fourth-order valence-electron chi connectivity index (χ4n) is 1.59. The Balaban J connectivity index is 2.22. The SMILES string of the molecule is O=S(=O)(NCc1ccccc1F)c1ccc(F)cc1Br. The Labute approximate surface area is 123 Å². The summed E-state index contributed by atoms with van der Waals surface area (Å²) in [6.07, 6.45) is 0. The van der Waals surface area contributed by atoms with Gasteiger partial charge in [0.2, 0.25) is 10.0 Å². The van der Waals surface area contributed by atoms with Crippen molar-refractivity contribution in [3.63, 3.8) is 0 Å². The molecule has 2 rings (SSSR count). The van der Waals surface area contributed by atoms with Gasteiger partial charge < -0.3 is 0 Å². The summed E-state index contributed by atoms with van der Waals surface area (Å²) in [5, 5.41) is 0. The Morgan fingerprint density at radius 3 is 2.45 bits per heavy atom. The number of hydrogen-bond donors (Lipinski definition) is 1. The molecule has 0 unspecified atom stereocenters. The first-order valence-electron chi connectivity index (χ1n) is 5.58. The van der Waals surface area contributed by atoms with E-state index in [-0.39, 0.29) is 21.5 Å². The maximum atomic E-state index is 13.4. The first-order chi connectivity index (χ1) is 9.40. The molecule has 20 heavy (non-hydrogen) atoms. The fourth-order valence-corrected chi connectivity index (χ4v) is 3.64. The van der Waals surface area contributed by atoms with Gasteiger partial charge in [-0.15, -0.1) is 0 Å². The highest BCUT2D eigenvalue weighted by molar-refractivity contribution is 9.10. The molecule has 0 saturated heterocycles. The quantitative estimate of drug-likeness (QED) is 0.908. The third-order valence-corrected chi connectivity index (χ3v) is 4.97. The molecule has 106 valence electrons. The first kappa shape index (κ1) is 15.1. The van der Waals surface area contributed by atoms with Crippen molar-refractivity contribution in [3.05, 3.63) is 64.1 Å². The number of rotatable bonds is 4. The summed E-state index contributed by atoms with van der Waals surface area (Å²) in [7, 11) is -3.85. The minimum atomic E-state index is -3.85. The summed E-state index contributed by atoms with van der Waals surface area (Å²) in [6.45, 7) is -0.182. The standard InChI is InChI=1S/C13H10BrF2NO2S/c14-11-7-10(15)5-6-13(11)20(18,19)17-8-9-3-1-2-4-12(9)16/h1-7,17H,8H2. The number of sulfonamides is 1. The van der Waals surface area contributed by atoms with Crippen LogP contribution >= 0.6 is 15.9 Å². The van der Waals surface area contributed by atoms with E-state index in [1.54, 1.807) is 6.07 Å². The molecule has 2 aromatic rings. The van der Waals surface area contributed by atoms with Crippen LogP contribution in [0, 0.1) is 11.6 Å². The van der Waals surface area contributed by atoms with Gasteiger partial charge in [-0.2, -0.15) is 0 Å². The molecule has 0 saturated carbocycles. The molecular formula is C13H10BrF2NO2S. The van der Waals surface area contributed by atoms with Crippen LogP contribution in [0.2, 0.25) is 0 Å². The summed E-state index contributed by atoms with van der Waals surface area (Å²) in [5.74, 6) is -1.04. The monoisotopic (exact) mass is 361 g/mol. The van der Waals surface area contributed by atoms with Crippen molar-refractivity contribution in [2.75, 3.05) is 0 Å². The van der Waals surface area contributed by atoms with Crippen molar-refractivity contribution in [2.45, 2.75) is 11.4 Å². The second-order valence-electron chi connectivity index (χ2n) is 3.99. The van der Waals surface area contributed by atoms with Gasteiger partial charge in [0.1, 0.15) is 11.6 Å². The zero-order valence-corrected chi connectivity index (χ0v) is 12.5. The Morgan fingerprint density at radius 1 is 1.10 bits per heavy atom. The molecule has 0 aliphatic carbocycles. The molecule has 0 aromatic heterocycles. The van der Waals surface area contributed by atoms with Crippen LogP contribution in [0.4, 0.5) is 8.78 Å². The smallest absolute Gasteiger partial charge is 0.207 e. The zero-order chi connectivity index (χ0) is 14.8. The highest BCUT2D eigenvalue weighted by Crippen LogP contribution is 2.22. The van der Waals surface area contributed by atoms with Crippen molar-refractivity contribution in [3.8, 4) is 0 Å². The van der Waals surface area contributed by atoms with E-state index in [0.717, 1.165) is 18.2 Å². The van der Waals surface area contributed by atoms with Crippen LogP contribution in [0.25, 0.3) is 0 Å². The van der Waals surface area contributed by atoms with Crippen LogP contribution in [-0.2, 0) is 16.6 Å². The van der Waals surface area contributed by atoms with E-state index in [4.69, 9.17) is 0 Å². The molecule has 3 nitrogen and oxygen atoms in total. The van der Waals surface area contributed by atoms with E-state index in [9.17, 15) is 17.2 Å². The number of hydrogen-bond acceptors (Lipinski definition) is 2. The van der Waals surface area contributed by atoms with Gasteiger partial charge in [0.05, 0.1) is 4.90 Å². The number of halogens is 3. The summed E-state index contributed by atoms with van der Waals surface area (Å²) in [6, 6.07) is 9.10. The van der Waals surface area contributed by atoms with Crippen LogP contribution < -0.4 is 4.72 Å². The zero-order valence-electron chi connectivity index (χ0n) is 10.1. The average molecular weight is 362 g/mol. The summed E-state index contributed by atoms with van der Waals surface area (Å²) in [5.41, 5.74) is 0.231. The Bertz CT molecular complexity index is 735. The van der Waals surface area contributed by atoms with Crippen molar-refractivity contribution in [2.24, 2.45) is 0 Å². The maximum absolute atomic E-state index is 13.4. The first-order valence-corrected chi connectivity index (χ1v) is 7.86. The topological polar surface area (TPSA) is 46.2 Å². The van der Waals surface area contributed by atoms with Gasteiger partial charge >= 0.3 is 0 Å². The molecule has 0 spiro atoms. The molecular weight excluding hydrogens is 352 g/mol. The van der Waals surface area contributed by atoms with E-state index in [0.29, 0.717) is 0 Å². The highest BCUT2D eigenvalue weighted by Gasteiger charge is 2.18. The van der Waals surface area contributed by atoms with Crippen LogP contribution in [-0.4, -0.2) is 8.42 Å². The molecule has 2 aromatic carbocycles. The van der Waals surface area contributed by atoms with Gasteiger partial charge in [-0.25, -0.2) is 21.9 Å². The molecule has 0 aliphatic rings. The number of nitrogens with one attached hydrogen (secondary N) is 1. The van der Waals surface area contributed by atoms with Gasteiger partial charge in [-0.05, 0) is 40.2 Å². The molecule has 0 fully saturated rings. The molecule has 0 radical (unpaired) electrons. The van der Waals surface area contributed by atoms with E-state index < -0.39 is 21.7 Å². The number of benzene rings is 2. The van der Waals surface area contributed by atoms with Gasteiger partial charge in [0, 0.05) is 16.6 Å². The lowest BCUT2D eigenvalue weighted by atomic mass is 10.2. The van der Waals surface area contributed by atoms with E-state index in [2.05, 4.69) is 20.7 Å². The highest BCUT2D eigenvalue weighted by atomic mass is 79.9. The van der Waals surface area contributed by atoms with E-state index >= 15 is 0 Å². The van der Waals surface area contributed by atoms with Gasteiger partial charge in [-0.1, -0.05) is 18.2 Å². The Hall–Kier alpha value is -1.31. The van der Waals surface area contributed by atoms with Crippen molar-refractivity contribution in [1.82, 2.24) is 4.72 Å². The lowest BCUT2D eigenvalue weighted by Gasteiger charge is -2.09. The van der Waals surface area contributed by atoms with Crippen molar-refractivity contribution in [1.29, 1.82) is 0 Å².